The summed E-state index contributed by atoms with van der Waals surface area (Å²) in [6, 6.07) is 6.12. The number of carbonyl (C=O) groups is 1. The number of carbonyl (C=O) groups excluding carboxylic acids is 1. The van der Waals surface area contributed by atoms with Crippen LogP contribution >= 0.6 is 0 Å². The van der Waals surface area contributed by atoms with Crippen molar-refractivity contribution in [2.24, 2.45) is 0 Å². The van der Waals surface area contributed by atoms with Crippen molar-refractivity contribution in [2.75, 3.05) is 13.2 Å². The van der Waals surface area contributed by atoms with Gasteiger partial charge in [0.25, 0.3) is 5.91 Å². The molecule has 1 aromatic carbocycles. The third-order valence-electron chi connectivity index (χ3n) is 4.22. The number of hydrogen-bond donors (Lipinski definition) is 0. The number of fused-ring (bicyclic) bond motifs is 1. The second kappa shape index (κ2) is 5.35. The molecule has 0 spiro atoms. The van der Waals surface area contributed by atoms with Gasteiger partial charge in [0.05, 0.1) is 5.56 Å². The molecular weight excluding hydrogens is 254 g/mol. The number of para-hydroxylation sites is 1. The first-order chi connectivity index (χ1) is 9.68. The molecule has 3 rings (SSSR count). The van der Waals surface area contributed by atoms with E-state index in [2.05, 4.69) is 13.8 Å². The first kappa shape index (κ1) is 13.3. The molecule has 0 saturated carbocycles. The molecule has 2 heterocycles. The van der Waals surface area contributed by atoms with E-state index in [4.69, 9.17) is 9.47 Å². The summed E-state index contributed by atoms with van der Waals surface area (Å²) in [5, 5.41) is 0. The number of nitrogens with zero attached hydrogens (tertiary/aromatic N) is 1. The van der Waals surface area contributed by atoms with Crippen LogP contribution in [-0.2, 0) is 0 Å². The number of hydrogen-bond acceptors (Lipinski definition) is 3. The maximum absolute atomic E-state index is 12.9. The molecule has 2 aliphatic heterocycles. The number of piperidine rings is 1. The van der Waals surface area contributed by atoms with Gasteiger partial charge < -0.3 is 14.4 Å². The van der Waals surface area contributed by atoms with Crippen molar-refractivity contribution in [1.82, 2.24) is 4.90 Å². The summed E-state index contributed by atoms with van der Waals surface area (Å²) in [5.74, 6) is 1.35. The average molecular weight is 275 g/mol. The molecule has 1 saturated heterocycles. The fourth-order valence-electron chi connectivity index (χ4n) is 3.20. The van der Waals surface area contributed by atoms with Crippen LogP contribution in [0.2, 0.25) is 0 Å². The predicted octanol–water partition coefficient (Wildman–Crippen LogP) is 2.86. The summed E-state index contributed by atoms with van der Waals surface area (Å²) in [7, 11) is 0. The Morgan fingerprint density at radius 1 is 1.15 bits per heavy atom. The van der Waals surface area contributed by atoms with E-state index in [1.165, 1.54) is 6.42 Å². The van der Waals surface area contributed by atoms with E-state index >= 15 is 0 Å². The third kappa shape index (κ3) is 2.23. The minimum atomic E-state index is 0.0621. The van der Waals surface area contributed by atoms with Gasteiger partial charge in [0.2, 0.25) is 0 Å². The van der Waals surface area contributed by atoms with E-state index in [1.807, 2.05) is 23.1 Å². The number of amides is 1. The highest BCUT2D eigenvalue weighted by Gasteiger charge is 2.32. The Morgan fingerprint density at radius 3 is 2.60 bits per heavy atom. The topological polar surface area (TPSA) is 38.8 Å². The molecule has 108 valence electrons. The van der Waals surface area contributed by atoms with Gasteiger partial charge in [-0.05, 0) is 45.2 Å². The van der Waals surface area contributed by atoms with Crippen LogP contribution in [0.1, 0.15) is 43.5 Å². The Balaban J connectivity index is 1.94. The number of ether oxygens (including phenoxy) is 2. The van der Waals surface area contributed by atoms with E-state index in [0.717, 1.165) is 12.8 Å². The van der Waals surface area contributed by atoms with Gasteiger partial charge in [-0.3, -0.25) is 4.79 Å². The van der Waals surface area contributed by atoms with Crippen LogP contribution in [0, 0.1) is 0 Å². The molecule has 0 aromatic heterocycles. The summed E-state index contributed by atoms with van der Waals surface area (Å²) in [6.45, 7) is 5.30. The van der Waals surface area contributed by atoms with Crippen LogP contribution in [0.5, 0.6) is 11.5 Å². The van der Waals surface area contributed by atoms with E-state index in [0.29, 0.717) is 30.3 Å². The summed E-state index contributed by atoms with van der Waals surface area (Å²) < 4.78 is 11.2. The lowest BCUT2D eigenvalue weighted by molar-refractivity contribution is 0.0502. The Bertz CT molecular complexity index is 504. The van der Waals surface area contributed by atoms with E-state index in [-0.39, 0.29) is 18.0 Å². The molecule has 2 aliphatic rings. The average Bonchev–Trinajstić information content (AvgIpc) is 2.46. The van der Waals surface area contributed by atoms with Gasteiger partial charge >= 0.3 is 0 Å². The van der Waals surface area contributed by atoms with Gasteiger partial charge in [0, 0.05) is 12.1 Å². The Kier molecular flexibility index (Phi) is 3.55. The molecule has 1 aromatic rings. The lowest BCUT2D eigenvalue weighted by atomic mass is 9.96. The van der Waals surface area contributed by atoms with Crippen LogP contribution in [0.15, 0.2) is 18.2 Å². The number of likely N-dealkylation sites (tertiary alicyclic amines) is 1. The van der Waals surface area contributed by atoms with E-state index < -0.39 is 0 Å². The number of benzene rings is 1. The minimum Gasteiger partial charge on any atom is -0.486 e. The second-order valence-electron chi connectivity index (χ2n) is 5.67. The van der Waals surface area contributed by atoms with Crippen LogP contribution in [0.25, 0.3) is 0 Å². The first-order valence-corrected chi connectivity index (χ1v) is 7.39. The second-order valence-corrected chi connectivity index (χ2v) is 5.67. The smallest absolute Gasteiger partial charge is 0.258 e. The van der Waals surface area contributed by atoms with Crippen LogP contribution in [0.4, 0.5) is 0 Å². The van der Waals surface area contributed by atoms with Crippen LogP contribution < -0.4 is 9.47 Å². The Hall–Kier alpha value is -1.71. The molecule has 0 N–H and O–H groups in total. The quantitative estimate of drug-likeness (QED) is 0.791. The highest BCUT2D eigenvalue weighted by atomic mass is 16.6. The molecule has 20 heavy (non-hydrogen) atoms. The highest BCUT2D eigenvalue weighted by molar-refractivity contribution is 5.98. The molecule has 2 unspecified atom stereocenters. The fraction of sp³-hybridized carbons (Fsp3) is 0.562. The Morgan fingerprint density at radius 2 is 1.85 bits per heavy atom. The maximum atomic E-state index is 12.9. The zero-order valence-corrected chi connectivity index (χ0v) is 12.1. The summed E-state index contributed by atoms with van der Waals surface area (Å²) >= 11 is 0. The van der Waals surface area contributed by atoms with Gasteiger partial charge in [-0.1, -0.05) is 6.07 Å². The maximum Gasteiger partial charge on any atom is 0.258 e. The zero-order valence-electron chi connectivity index (χ0n) is 12.1. The summed E-state index contributed by atoms with van der Waals surface area (Å²) in [4.78, 5) is 14.9. The largest absolute Gasteiger partial charge is 0.486 e. The van der Waals surface area contributed by atoms with Gasteiger partial charge in [-0.25, -0.2) is 0 Å². The fourth-order valence-corrected chi connectivity index (χ4v) is 3.20. The minimum absolute atomic E-state index is 0.0621. The van der Waals surface area contributed by atoms with Crippen LogP contribution in [-0.4, -0.2) is 36.1 Å². The van der Waals surface area contributed by atoms with Crippen molar-refractivity contribution in [2.45, 2.75) is 45.2 Å². The molecule has 1 amide bonds. The lowest BCUT2D eigenvalue weighted by Gasteiger charge is -2.39. The molecule has 4 heteroatoms. The predicted molar refractivity (Wildman–Crippen MR) is 76.4 cm³/mol. The molecule has 0 bridgehead atoms. The summed E-state index contributed by atoms with van der Waals surface area (Å²) in [5.41, 5.74) is 0.628. The van der Waals surface area contributed by atoms with Crippen LogP contribution in [0.3, 0.4) is 0 Å². The zero-order chi connectivity index (χ0) is 14.1. The Labute approximate surface area is 119 Å². The van der Waals surface area contributed by atoms with Gasteiger partial charge in [0.15, 0.2) is 11.5 Å². The van der Waals surface area contributed by atoms with Crippen molar-refractivity contribution in [3.63, 3.8) is 0 Å². The standard InChI is InChI=1S/C16H21NO3/c1-11-5-3-6-12(2)17(11)16(18)13-7-4-8-14-15(13)20-10-9-19-14/h4,7-8,11-12H,3,5-6,9-10H2,1-2H3. The van der Waals surface area contributed by atoms with Crippen molar-refractivity contribution >= 4 is 5.91 Å². The molecule has 1 fully saturated rings. The SMILES string of the molecule is CC1CCCC(C)N1C(=O)c1cccc2c1OCCO2. The lowest BCUT2D eigenvalue weighted by Crippen LogP contribution is -2.47. The van der Waals surface area contributed by atoms with Gasteiger partial charge in [-0.15, -0.1) is 0 Å². The first-order valence-electron chi connectivity index (χ1n) is 7.39. The van der Waals surface area contributed by atoms with Crippen molar-refractivity contribution in [1.29, 1.82) is 0 Å². The molecule has 4 nitrogen and oxygen atoms in total. The van der Waals surface area contributed by atoms with Crippen molar-refractivity contribution < 1.29 is 14.3 Å². The summed E-state index contributed by atoms with van der Waals surface area (Å²) in [6.07, 6.45) is 3.34. The normalized spacial score (nSPS) is 25.4. The molecule has 0 radical (unpaired) electrons. The molecule has 0 aliphatic carbocycles. The number of rotatable bonds is 1. The van der Waals surface area contributed by atoms with E-state index in [9.17, 15) is 4.79 Å². The monoisotopic (exact) mass is 275 g/mol. The molecular formula is C16H21NO3. The van der Waals surface area contributed by atoms with Gasteiger partial charge in [0.1, 0.15) is 13.2 Å². The van der Waals surface area contributed by atoms with Gasteiger partial charge in [-0.2, -0.15) is 0 Å². The third-order valence-corrected chi connectivity index (χ3v) is 4.22. The van der Waals surface area contributed by atoms with Crippen molar-refractivity contribution in [3.8, 4) is 11.5 Å². The van der Waals surface area contributed by atoms with Crippen molar-refractivity contribution in [3.05, 3.63) is 23.8 Å². The molecule has 2 atom stereocenters. The highest BCUT2D eigenvalue weighted by Crippen LogP contribution is 2.36. The van der Waals surface area contributed by atoms with E-state index in [1.54, 1.807) is 0 Å².